The summed E-state index contributed by atoms with van der Waals surface area (Å²) < 4.78 is 0. The molecule has 0 saturated heterocycles. The molecule has 6 heteroatoms. The van der Waals surface area contributed by atoms with Gasteiger partial charge in [0.1, 0.15) is 17.1 Å². The van der Waals surface area contributed by atoms with Crippen LogP contribution in [-0.4, -0.2) is 26.2 Å². The van der Waals surface area contributed by atoms with E-state index in [1.165, 1.54) is 18.2 Å². The maximum Gasteiger partial charge on any atom is 0.339 e. The molecule has 0 aliphatic heterocycles. The zero-order valence-electron chi connectivity index (χ0n) is 10.7. The number of carbonyl (C=O) groups is 1. The Kier molecular flexibility index (Phi) is 2.91. The van der Waals surface area contributed by atoms with Crippen molar-refractivity contribution in [3.8, 4) is 17.1 Å². The van der Waals surface area contributed by atoms with E-state index in [0.29, 0.717) is 16.5 Å². The lowest BCUT2D eigenvalue weighted by molar-refractivity contribution is 0.0694. The summed E-state index contributed by atoms with van der Waals surface area (Å²) in [4.78, 5) is 29.9. The number of fused-ring (bicyclic) bond motifs is 1. The number of H-pyrrole nitrogens is 1. The van der Waals surface area contributed by atoms with Crippen LogP contribution in [0.5, 0.6) is 5.75 Å². The summed E-state index contributed by atoms with van der Waals surface area (Å²) in [6.45, 7) is 0. The monoisotopic (exact) mass is 282 g/mol. The van der Waals surface area contributed by atoms with E-state index >= 15 is 0 Å². The molecule has 3 N–H and O–H groups in total. The Labute approximate surface area is 118 Å². The third-order valence-electron chi connectivity index (χ3n) is 3.11. The molecular formula is C15H10N2O4. The van der Waals surface area contributed by atoms with Crippen LogP contribution in [0, 0.1) is 0 Å². The van der Waals surface area contributed by atoms with Gasteiger partial charge in [-0.3, -0.25) is 4.79 Å². The number of rotatable bonds is 2. The Morgan fingerprint density at radius 3 is 2.67 bits per heavy atom. The van der Waals surface area contributed by atoms with Gasteiger partial charge in [0.2, 0.25) is 0 Å². The molecule has 1 aromatic heterocycles. The lowest BCUT2D eigenvalue weighted by atomic mass is 10.1. The first-order chi connectivity index (χ1) is 10.1. The molecule has 0 spiro atoms. The SMILES string of the molecule is O=C(O)c1cc(-c2nc3ccccc3c(=O)[nH]2)ccc1O. The molecule has 21 heavy (non-hydrogen) atoms. The number of carboxylic acids is 1. The van der Waals surface area contributed by atoms with Gasteiger partial charge in [0, 0.05) is 5.56 Å². The van der Waals surface area contributed by atoms with Gasteiger partial charge in [-0.25, -0.2) is 9.78 Å². The number of nitrogens with one attached hydrogen (secondary N) is 1. The highest BCUT2D eigenvalue weighted by Crippen LogP contribution is 2.24. The number of aromatic carboxylic acids is 1. The van der Waals surface area contributed by atoms with Crippen LogP contribution in [0.3, 0.4) is 0 Å². The van der Waals surface area contributed by atoms with Crippen molar-refractivity contribution in [3.63, 3.8) is 0 Å². The molecule has 0 aliphatic carbocycles. The van der Waals surface area contributed by atoms with Crippen molar-refractivity contribution in [2.75, 3.05) is 0 Å². The number of aromatic amines is 1. The standard InChI is InChI=1S/C15H10N2O4/c18-12-6-5-8(7-10(12)15(20)21)13-16-11-4-2-1-3-9(11)14(19)17-13/h1-7,18H,(H,20,21)(H,16,17,19). The first-order valence-corrected chi connectivity index (χ1v) is 6.12. The third kappa shape index (κ3) is 2.23. The quantitative estimate of drug-likeness (QED) is 0.667. The summed E-state index contributed by atoms with van der Waals surface area (Å²) >= 11 is 0. The van der Waals surface area contributed by atoms with Crippen molar-refractivity contribution in [2.45, 2.75) is 0 Å². The molecule has 2 aromatic carbocycles. The Hall–Kier alpha value is -3.15. The highest BCUT2D eigenvalue weighted by atomic mass is 16.4. The molecule has 6 nitrogen and oxygen atoms in total. The van der Waals surface area contributed by atoms with E-state index in [-0.39, 0.29) is 22.7 Å². The van der Waals surface area contributed by atoms with Crippen LogP contribution >= 0.6 is 0 Å². The van der Waals surface area contributed by atoms with Crippen LogP contribution in [0.1, 0.15) is 10.4 Å². The van der Waals surface area contributed by atoms with Gasteiger partial charge in [-0.2, -0.15) is 0 Å². The van der Waals surface area contributed by atoms with E-state index in [9.17, 15) is 14.7 Å². The highest BCUT2D eigenvalue weighted by molar-refractivity contribution is 5.92. The number of aromatic nitrogens is 2. The summed E-state index contributed by atoms with van der Waals surface area (Å²) in [5, 5.41) is 19.0. The average Bonchev–Trinajstić information content (AvgIpc) is 2.47. The minimum Gasteiger partial charge on any atom is -0.507 e. The molecule has 3 aromatic rings. The number of carboxylic acid groups (broad SMARTS) is 1. The van der Waals surface area contributed by atoms with E-state index in [2.05, 4.69) is 9.97 Å². The number of para-hydroxylation sites is 1. The number of aromatic hydroxyl groups is 1. The highest BCUT2D eigenvalue weighted by Gasteiger charge is 2.13. The largest absolute Gasteiger partial charge is 0.507 e. The van der Waals surface area contributed by atoms with Crippen molar-refractivity contribution >= 4 is 16.9 Å². The number of nitrogens with zero attached hydrogens (tertiary/aromatic N) is 1. The smallest absolute Gasteiger partial charge is 0.339 e. The van der Waals surface area contributed by atoms with Crippen molar-refractivity contribution in [1.29, 1.82) is 0 Å². The zero-order valence-corrected chi connectivity index (χ0v) is 10.7. The van der Waals surface area contributed by atoms with Gasteiger partial charge in [-0.1, -0.05) is 12.1 Å². The predicted octanol–water partition coefficient (Wildman–Crippen LogP) is 1.99. The molecule has 0 saturated carbocycles. The fraction of sp³-hybridized carbons (Fsp3) is 0. The lowest BCUT2D eigenvalue weighted by Gasteiger charge is -2.05. The fourth-order valence-electron chi connectivity index (χ4n) is 2.08. The molecule has 0 bridgehead atoms. The van der Waals surface area contributed by atoms with Gasteiger partial charge >= 0.3 is 5.97 Å². The third-order valence-corrected chi connectivity index (χ3v) is 3.11. The second-order valence-electron chi connectivity index (χ2n) is 4.47. The van der Waals surface area contributed by atoms with Gasteiger partial charge in [0.25, 0.3) is 5.56 Å². The molecule has 0 radical (unpaired) electrons. The Balaban J connectivity index is 2.23. The molecule has 0 amide bonds. The Bertz CT molecular complexity index is 915. The fourth-order valence-corrected chi connectivity index (χ4v) is 2.08. The van der Waals surface area contributed by atoms with Gasteiger partial charge in [-0.05, 0) is 30.3 Å². The van der Waals surface area contributed by atoms with Crippen LogP contribution in [0.25, 0.3) is 22.3 Å². The van der Waals surface area contributed by atoms with Crippen LogP contribution in [0.15, 0.2) is 47.3 Å². The Morgan fingerprint density at radius 2 is 1.90 bits per heavy atom. The second-order valence-corrected chi connectivity index (χ2v) is 4.47. The molecule has 3 rings (SSSR count). The van der Waals surface area contributed by atoms with E-state index in [0.717, 1.165) is 0 Å². The number of hydrogen-bond donors (Lipinski definition) is 3. The molecular weight excluding hydrogens is 272 g/mol. The molecule has 0 atom stereocenters. The minimum absolute atomic E-state index is 0.247. The van der Waals surface area contributed by atoms with Crippen molar-refractivity contribution in [3.05, 3.63) is 58.4 Å². The average molecular weight is 282 g/mol. The molecule has 1 heterocycles. The van der Waals surface area contributed by atoms with E-state index in [4.69, 9.17) is 5.11 Å². The summed E-state index contributed by atoms with van der Waals surface area (Å²) in [7, 11) is 0. The minimum atomic E-state index is -1.25. The molecule has 0 fully saturated rings. The van der Waals surface area contributed by atoms with Crippen LogP contribution in [0.4, 0.5) is 0 Å². The number of hydrogen-bond acceptors (Lipinski definition) is 4. The summed E-state index contributed by atoms with van der Waals surface area (Å²) in [5.41, 5.74) is 0.373. The maximum atomic E-state index is 12.0. The van der Waals surface area contributed by atoms with Crippen LogP contribution in [0.2, 0.25) is 0 Å². The van der Waals surface area contributed by atoms with E-state index in [1.807, 2.05) is 0 Å². The summed E-state index contributed by atoms with van der Waals surface area (Å²) in [6.07, 6.45) is 0. The van der Waals surface area contributed by atoms with E-state index in [1.54, 1.807) is 24.3 Å². The van der Waals surface area contributed by atoms with Crippen molar-refractivity contribution in [1.82, 2.24) is 9.97 Å². The summed E-state index contributed by atoms with van der Waals surface area (Å²) in [5.74, 6) is -1.34. The van der Waals surface area contributed by atoms with Crippen molar-refractivity contribution in [2.24, 2.45) is 0 Å². The van der Waals surface area contributed by atoms with Gasteiger partial charge in [-0.15, -0.1) is 0 Å². The zero-order chi connectivity index (χ0) is 15.0. The summed E-state index contributed by atoms with van der Waals surface area (Å²) in [6, 6.07) is 10.9. The van der Waals surface area contributed by atoms with Gasteiger partial charge in [0.15, 0.2) is 0 Å². The Morgan fingerprint density at radius 1 is 1.14 bits per heavy atom. The van der Waals surface area contributed by atoms with Crippen molar-refractivity contribution < 1.29 is 15.0 Å². The number of phenols is 1. The van der Waals surface area contributed by atoms with Crippen LogP contribution in [-0.2, 0) is 0 Å². The normalized spacial score (nSPS) is 10.7. The lowest BCUT2D eigenvalue weighted by Crippen LogP contribution is -2.09. The van der Waals surface area contributed by atoms with Crippen LogP contribution < -0.4 is 5.56 Å². The van der Waals surface area contributed by atoms with Gasteiger partial charge in [0.05, 0.1) is 10.9 Å². The molecule has 0 aliphatic rings. The second kappa shape index (κ2) is 4.75. The molecule has 104 valence electrons. The van der Waals surface area contributed by atoms with E-state index < -0.39 is 5.97 Å². The number of benzene rings is 2. The molecule has 0 unspecified atom stereocenters. The maximum absolute atomic E-state index is 12.0. The van der Waals surface area contributed by atoms with Gasteiger partial charge < -0.3 is 15.2 Å². The first kappa shape index (κ1) is 12.9. The topological polar surface area (TPSA) is 103 Å². The predicted molar refractivity (Wildman–Crippen MR) is 76.4 cm³/mol. The first-order valence-electron chi connectivity index (χ1n) is 6.12.